The highest BCUT2D eigenvalue weighted by molar-refractivity contribution is 9.08. The van der Waals surface area contributed by atoms with Crippen LogP contribution in [0.5, 0.6) is 0 Å². The van der Waals surface area contributed by atoms with Gasteiger partial charge >= 0.3 is 0 Å². The van der Waals surface area contributed by atoms with Crippen LogP contribution in [-0.4, -0.2) is 11.7 Å². The van der Waals surface area contributed by atoms with Gasteiger partial charge in [0.1, 0.15) is 0 Å². The van der Waals surface area contributed by atoms with E-state index in [0.717, 1.165) is 16.5 Å². The predicted molar refractivity (Wildman–Crippen MR) is 63.5 cm³/mol. The Hall–Kier alpha value is -0.0500. The van der Waals surface area contributed by atoms with E-state index in [0.29, 0.717) is 11.4 Å². The summed E-state index contributed by atoms with van der Waals surface area (Å²) in [6, 6.07) is 5.53. The van der Waals surface area contributed by atoms with Crippen LogP contribution in [0.3, 0.4) is 0 Å². The summed E-state index contributed by atoms with van der Waals surface area (Å²) < 4.78 is 0. The number of carbonyl (C=O) groups excluding carboxylic acids is 1. The van der Waals surface area contributed by atoms with Gasteiger partial charge < -0.3 is 0 Å². The first-order chi connectivity index (χ1) is 6.67. The van der Waals surface area contributed by atoms with Gasteiger partial charge in [0.25, 0.3) is 0 Å². The molecule has 0 atom stereocenters. The third-order valence-corrected chi connectivity index (χ3v) is 2.99. The summed E-state index contributed by atoms with van der Waals surface area (Å²) in [4.78, 5) is 11.2. The molecule has 14 heavy (non-hydrogen) atoms. The molecular weight excluding hydrogens is 287 g/mol. The minimum Gasteiger partial charge on any atom is -0.298 e. The molecule has 0 saturated carbocycles. The Labute approximate surface area is 102 Å². The van der Waals surface area contributed by atoms with Crippen molar-refractivity contribution in [2.75, 3.05) is 5.88 Å². The van der Waals surface area contributed by atoms with E-state index in [9.17, 15) is 4.79 Å². The standard InChI is InChI=1S/C10H9BrCl2O/c11-5-7-1-2-9(13)3-8(7)4-10(14)6-12/h1-3H,4-6H2. The Bertz CT molecular complexity index is 339. The van der Waals surface area contributed by atoms with Gasteiger partial charge in [0.2, 0.25) is 0 Å². The lowest BCUT2D eigenvalue weighted by atomic mass is 10.0. The molecule has 0 saturated heterocycles. The zero-order valence-electron chi connectivity index (χ0n) is 7.40. The lowest BCUT2D eigenvalue weighted by molar-refractivity contribution is -0.116. The molecule has 0 aromatic heterocycles. The fraction of sp³-hybridized carbons (Fsp3) is 0.300. The molecule has 0 N–H and O–H groups in total. The number of ketones is 1. The number of halogens is 3. The van der Waals surface area contributed by atoms with E-state index in [-0.39, 0.29) is 11.7 Å². The zero-order chi connectivity index (χ0) is 10.6. The maximum atomic E-state index is 11.2. The van der Waals surface area contributed by atoms with E-state index in [2.05, 4.69) is 15.9 Å². The summed E-state index contributed by atoms with van der Waals surface area (Å²) in [5, 5.41) is 1.36. The highest BCUT2D eigenvalue weighted by Gasteiger charge is 2.07. The maximum Gasteiger partial charge on any atom is 0.151 e. The van der Waals surface area contributed by atoms with E-state index in [1.54, 1.807) is 0 Å². The van der Waals surface area contributed by atoms with Crippen molar-refractivity contribution in [1.82, 2.24) is 0 Å². The number of alkyl halides is 2. The van der Waals surface area contributed by atoms with Gasteiger partial charge in [-0.25, -0.2) is 0 Å². The number of hydrogen-bond acceptors (Lipinski definition) is 1. The maximum absolute atomic E-state index is 11.2. The van der Waals surface area contributed by atoms with E-state index >= 15 is 0 Å². The molecule has 0 aliphatic carbocycles. The molecule has 0 fully saturated rings. The van der Waals surface area contributed by atoms with Crippen LogP contribution < -0.4 is 0 Å². The molecule has 0 aliphatic rings. The third kappa shape index (κ3) is 3.26. The van der Waals surface area contributed by atoms with Crippen LogP contribution in [0.15, 0.2) is 18.2 Å². The molecule has 4 heteroatoms. The predicted octanol–water partition coefficient (Wildman–Crippen LogP) is 3.59. The molecule has 1 aromatic rings. The quantitative estimate of drug-likeness (QED) is 0.776. The number of hydrogen-bond donors (Lipinski definition) is 0. The summed E-state index contributed by atoms with van der Waals surface area (Å²) in [6.07, 6.45) is 0.352. The molecule has 0 spiro atoms. The summed E-state index contributed by atoms with van der Waals surface area (Å²) in [5.41, 5.74) is 2.02. The smallest absolute Gasteiger partial charge is 0.151 e. The molecule has 0 aliphatic heterocycles. The number of Topliss-reactive ketones (excluding diaryl/α,β-unsaturated/α-hetero) is 1. The van der Waals surface area contributed by atoms with Crippen molar-refractivity contribution in [1.29, 1.82) is 0 Å². The summed E-state index contributed by atoms with van der Waals surface area (Å²) in [7, 11) is 0. The van der Waals surface area contributed by atoms with E-state index < -0.39 is 0 Å². The number of benzene rings is 1. The number of carbonyl (C=O) groups is 1. The lowest BCUT2D eigenvalue weighted by Gasteiger charge is -2.05. The van der Waals surface area contributed by atoms with Crippen molar-refractivity contribution < 1.29 is 4.79 Å². The molecule has 0 bridgehead atoms. The van der Waals surface area contributed by atoms with Crippen LogP contribution in [0.1, 0.15) is 11.1 Å². The highest BCUT2D eigenvalue weighted by Crippen LogP contribution is 2.19. The average molecular weight is 296 g/mol. The van der Waals surface area contributed by atoms with E-state index in [4.69, 9.17) is 23.2 Å². The molecular formula is C10H9BrCl2O. The Balaban J connectivity index is 2.93. The Kier molecular flexibility index (Phi) is 4.93. The topological polar surface area (TPSA) is 17.1 Å². The average Bonchev–Trinajstić information content (AvgIpc) is 2.18. The second kappa shape index (κ2) is 5.74. The number of rotatable bonds is 4. The summed E-state index contributed by atoms with van der Waals surface area (Å²) >= 11 is 14.6. The van der Waals surface area contributed by atoms with Crippen LogP contribution in [0.4, 0.5) is 0 Å². The summed E-state index contributed by atoms with van der Waals surface area (Å²) in [6.45, 7) is 0. The fourth-order valence-electron chi connectivity index (χ4n) is 1.15. The Morgan fingerprint density at radius 1 is 1.36 bits per heavy atom. The molecule has 0 amide bonds. The molecule has 1 aromatic carbocycles. The largest absolute Gasteiger partial charge is 0.298 e. The summed E-state index contributed by atoms with van der Waals surface area (Å²) in [5.74, 6) is 0.0601. The molecule has 1 rings (SSSR count). The first-order valence-corrected chi connectivity index (χ1v) is 6.11. The van der Waals surface area contributed by atoms with Crippen molar-refractivity contribution in [3.8, 4) is 0 Å². The first kappa shape index (κ1) is 12.0. The van der Waals surface area contributed by atoms with Gasteiger partial charge in [0.05, 0.1) is 5.88 Å². The van der Waals surface area contributed by atoms with Gasteiger partial charge in [-0.2, -0.15) is 0 Å². The van der Waals surface area contributed by atoms with Crippen LogP contribution in [-0.2, 0) is 16.5 Å². The van der Waals surface area contributed by atoms with Crippen molar-refractivity contribution >= 4 is 44.9 Å². The van der Waals surface area contributed by atoms with Crippen molar-refractivity contribution in [3.05, 3.63) is 34.3 Å². The van der Waals surface area contributed by atoms with Crippen LogP contribution in [0.25, 0.3) is 0 Å². The Morgan fingerprint density at radius 3 is 2.64 bits per heavy atom. The molecule has 76 valence electrons. The minimum atomic E-state index is 0.0103. The van der Waals surface area contributed by atoms with Gasteiger partial charge in [-0.1, -0.05) is 33.6 Å². The first-order valence-electron chi connectivity index (χ1n) is 4.08. The van der Waals surface area contributed by atoms with Gasteiger partial charge in [-0.3, -0.25) is 4.79 Å². The molecule has 0 radical (unpaired) electrons. The van der Waals surface area contributed by atoms with Crippen molar-refractivity contribution in [2.24, 2.45) is 0 Å². The van der Waals surface area contributed by atoms with Gasteiger partial charge in [-0.15, -0.1) is 11.6 Å². The second-order valence-electron chi connectivity index (χ2n) is 2.90. The van der Waals surface area contributed by atoms with Crippen LogP contribution in [0, 0.1) is 0 Å². The zero-order valence-corrected chi connectivity index (χ0v) is 10.5. The van der Waals surface area contributed by atoms with E-state index in [1.165, 1.54) is 0 Å². The highest BCUT2D eigenvalue weighted by atomic mass is 79.9. The van der Waals surface area contributed by atoms with Crippen molar-refractivity contribution in [2.45, 2.75) is 11.8 Å². The third-order valence-electron chi connectivity index (χ3n) is 1.85. The SMILES string of the molecule is O=C(CCl)Cc1cc(Cl)ccc1CBr. The monoisotopic (exact) mass is 294 g/mol. The normalized spacial score (nSPS) is 10.2. The molecule has 0 unspecified atom stereocenters. The van der Waals surface area contributed by atoms with E-state index in [1.807, 2.05) is 18.2 Å². The van der Waals surface area contributed by atoms with Crippen LogP contribution >= 0.6 is 39.1 Å². The van der Waals surface area contributed by atoms with Crippen molar-refractivity contribution in [3.63, 3.8) is 0 Å². The lowest BCUT2D eigenvalue weighted by Crippen LogP contribution is -2.05. The minimum absolute atomic E-state index is 0.0103. The van der Waals surface area contributed by atoms with Gasteiger partial charge in [0, 0.05) is 16.8 Å². The fourth-order valence-corrected chi connectivity index (χ4v) is 1.99. The second-order valence-corrected chi connectivity index (χ2v) is 4.16. The molecule has 1 nitrogen and oxygen atoms in total. The van der Waals surface area contributed by atoms with Gasteiger partial charge in [-0.05, 0) is 23.3 Å². The molecule has 0 heterocycles. The van der Waals surface area contributed by atoms with Crippen LogP contribution in [0.2, 0.25) is 5.02 Å². The Morgan fingerprint density at radius 2 is 2.07 bits per heavy atom. The van der Waals surface area contributed by atoms with Gasteiger partial charge in [0.15, 0.2) is 5.78 Å².